The number of benzene rings is 1. The van der Waals surface area contributed by atoms with E-state index >= 15 is 0 Å². The molecule has 0 spiro atoms. The Bertz CT molecular complexity index is 635. The molecule has 1 aliphatic rings. The first-order chi connectivity index (χ1) is 11.7. The maximum Gasteiger partial charge on any atom is 0.240 e. The van der Waals surface area contributed by atoms with Crippen molar-refractivity contribution in [1.82, 2.24) is 20.4 Å². The molecule has 1 aromatic carbocycles. The van der Waals surface area contributed by atoms with Crippen LogP contribution in [0, 0.1) is 5.92 Å². The molecule has 24 heavy (non-hydrogen) atoms. The van der Waals surface area contributed by atoms with Crippen LogP contribution in [0.2, 0.25) is 0 Å². The van der Waals surface area contributed by atoms with Crippen molar-refractivity contribution >= 4 is 0 Å². The molecule has 1 atom stereocenters. The zero-order chi connectivity index (χ0) is 16.9. The largest absolute Gasteiger partial charge is 0.338 e. The molecule has 1 aliphatic heterocycles. The van der Waals surface area contributed by atoms with Gasteiger partial charge >= 0.3 is 0 Å². The third kappa shape index (κ3) is 4.22. The minimum atomic E-state index is 0.352. The Morgan fingerprint density at radius 2 is 2.08 bits per heavy atom. The summed E-state index contributed by atoms with van der Waals surface area (Å²) in [6, 6.07) is 9.32. The first kappa shape index (κ1) is 17.1. The fourth-order valence-electron chi connectivity index (χ4n) is 3.22. The molecule has 0 bridgehead atoms. The first-order valence-electron chi connectivity index (χ1n) is 9.00. The normalized spacial score (nSPS) is 19.1. The monoisotopic (exact) mass is 328 g/mol. The second-order valence-electron chi connectivity index (χ2n) is 6.99. The third-order valence-corrected chi connectivity index (χ3v) is 4.57. The van der Waals surface area contributed by atoms with Gasteiger partial charge in [-0.25, -0.2) is 0 Å². The highest BCUT2D eigenvalue weighted by molar-refractivity contribution is 5.25. The summed E-state index contributed by atoms with van der Waals surface area (Å²) in [4.78, 5) is 6.99. The smallest absolute Gasteiger partial charge is 0.240 e. The molecule has 1 aromatic heterocycles. The molecule has 1 unspecified atom stereocenters. The van der Waals surface area contributed by atoms with E-state index in [2.05, 4.69) is 65.4 Å². The molecule has 1 N–H and O–H groups in total. The molecule has 5 nitrogen and oxygen atoms in total. The molecular weight excluding hydrogens is 300 g/mol. The maximum absolute atomic E-state index is 5.47. The summed E-state index contributed by atoms with van der Waals surface area (Å²) in [5.41, 5.74) is 2.73. The molecule has 0 radical (unpaired) electrons. The number of hydrogen-bond donors (Lipinski definition) is 1. The van der Waals surface area contributed by atoms with Crippen molar-refractivity contribution in [2.24, 2.45) is 5.92 Å². The molecule has 2 heterocycles. The predicted octanol–water partition coefficient (Wildman–Crippen LogP) is 2.98. The Hall–Kier alpha value is -1.72. The molecule has 5 heteroatoms. The fraction of sp³-hybridized carbons (Fsp3) is 0.579. The minimum Gasteiger partial charge on any atom is -0.338 e. The van der Waals surface area contributed by atoms with Gasteiger partial charge in [0.05, 0.1) is 6.54 Å². The van der Waals surface area contributed by atoms with E-state index in [0.717, 1.165) is 44.2 Å². The van der Waals surface area contributed by atoms with Gasteiger partial charge in [0.2, 0.25) is 5.89 Å². The van der Waals surface area contributed by atoms with Crippen molar-refractivity contribution in [2.75, 3.05) is 19.6 Å². The zero-order valence-electron chi connectivity index (χ0n) is 15.0. The number of nitrogens with zero attached hydrogens (tertiary/aromatic N) is 3. The van der Waals surface area contributed by atoms with Gasteiger partial charge in [0, 0.05) is 32.1 Å². The van der Waals surface area contributed by atoms with Gasteiger partial charge in [-0.15, -0.1) is 0 Å². The summed E-state index contributed by atoms with van der Waals surface area (Å²) in [5, 5.41) is 7.61. The Balaban J connectivity index is 1.70. The van der Waals surface area contributed by atoms with Crippen molar-refractivity contribution in [3.8, 4) is 0 Å². The highest BCUT2D eigenvalue weighted by Gasteiger charge is 2.25. The van der Waals surface area contributed by atoms with Crippen LogP contribution in [-0.4, -0.2) is 34.7 Å². The third-order valence-electron chi connectivity index (χ3n) is 4.57. The summed E-state index contributed by atoms with van der Waals surface area (Å²) in [7, 11) is 0. The van der Waals surface area contributed by atoms with E-state index in [0.29, 0.717) is 18.5 Å². The van der Waals surface area contributed by atoms with Crippen molar-refractivity contribution in [2.45, 2.75) is 46.2 Å². The van der Waals surface area contributed by atoms with Gasteiger partial charge < -0.3 is 9.84 Å². The molecule has 130 valence electrons. The SMILES string of the molecule is CCc1ccc(C2CNCCN2Cc2nc(CC(C)C)no2)cc1. The van der Waals surface area contributed by atoms with Crippen LogP contribution in [-0.2, 0) is 19.4 Å². The van der Waals surface area contributed by atoms with Crippen LogP contribution in [0.4, 0.5) is 0 Å². The molecular formula is C19H28N4O. The van der Waals surface area contributed by atoms with Crippen molar-refractivity contribution < 1.29 is 4.52 Å². The summed E-state index contributed by atoms with van der Waals surface area (Å²) >= 11 is 0. The van der Waals surface area contributed by atoms with Gasteiger partial charge in [0.25, 0.3) is 0 Å². The standard InChI is InChI=1S/C19H28N4O/c1-4-15-5-7-16(8-6-15)17-12-20-9-10-23(17)13-19-21-18(22-24-19)11-14(2)3/h5-8,14,17,20H,4,9-13H2,1-3H3. The van der Waals surface area contributed by atoms with E-state index in [-0.39, 0.29) is 0 Å². The number of rotatable bonds is 6. The van der Waals surface area contributed by atoms with Crippen LogP contribution in [0.15, 0.2) is 28.8 Å². The summed E-state index contributed by atoms with van der Waals surface area (Å²) in [5.74, 6) is 2.08. The topological polar surface area (TPSA) is 54.2 Å². The molecule has 3 rings (SSSR count). The van der Waals surface area contributed by atoms with Gasteiger partial charge in [-0.05, 0) is 23.5 Å². The second-order valence-corrected chi connectivity index (χ2v) is 6.99. The number of piperazine rings is 1. The molecule has 1 fully saturated rings. The van der Waals surface area contributed by atoms with Crippen LogP contribution in [0.3, 0.4) is 0 Å². The van der Waals surface area contributed by atoms with E-state index in [9.17, 15) is 0 Å². The van der Waals surface area contributed by atoms with Crippen LogP contribution in [0.5, 0.6) is 0 Å². The van der Waals surface area contributed by atoms with Gasteiger partial charge in [-0.3, -0.25) is 4.90 Å². The minimum absolute atomic E-state index is 0.352. The maximum atomic E-state index is 5.47. The average molecular weight is 328 g/mol. The van der Waals surface area contributed by atoms with E-state index < -0.39 is 0 Å². The highest BCUT2D eigenvalue weighted by Crippen LogP contribution is 2.24. The summed E-state index contributed by atoms with van der Waals surface area (Å²) in [6.07, 6.45) is 1.94. The number of aryl methyl sites for hydroxylation is 1. The fourth-order valence-corrected chi connectivity index (χ4v) is 3.22. The molecule has 0 amide bonds. The Morgan fingerprint density at radius 3 is 2.79 bits per heavy atom. The van der Waals surface area contributed by atoms with E-state index in [1.807, 2.05) is 0 Å². The molecule has 0 saturated carbocycles. The van der Waals surface area contributed by atoms with E-state index in [1.165, 1.54) is 11.1 Å². The number of hydrogen-bond acceptors (Lipinski definition) is 5. The summed E-state index contributed by atoms with van der Waals surface area (Å²) < 4.78 is 5.47. The molecule has 2 aromatic rings. The van der Waals surface area contributed by atoms with Crippen LogP contribution in [0.1, 0.15) is 49.7 Å². The van der Waals surface area contributed by atoms with Gasteiger partial charge in [0.15, 0.2) is 5.82 Å². The summed E-state index contributed by atoms with van der Waals surface area (Å²) in [6.45, 7) is 10.2. The van der Waals surface area contributed by atoms with E-state index in [1.54, 1.807) is 0 Å². The van der Waals surface area contributed by atoms with E-state index in [4.69, 9.17) is 4.52 Å². The van der Waals surface area contributed by atoms with Crippen molar-refractivity contribution in [3.05, 3.63) is 47.1 Å². The zero-order valence-corrected chi connectivity index (χ0v) is 15.0. The Labute approximate surface area is 144 Å². The first-order valence-corrected chi connectivity index (χ1v) is 9.00. The Kier molecular flexibility index (Phi) is 5.63. The van der Waals surface area contributed by atoms with Gasteiger partial charge in [0.1, 0.15) is 0 Å². The lowest BCUT2D eigenvalue weighted by Gasteiger charge is -2.35. The second kappa shape index (κ2) is 7.90. The number of nitrogens with one attached hydrogen (secondary N) is 1. The number of aromatic nitrogens is 2. The van der Waals surface area contributed by atoms with Gasteiger partial charge in [-0.1, -0.05) is 50.2 Å². The lowest BCUT2D eigenvalue weighted by atomic mass is 10.0. The lowest BCUT2D eigenvalue weighted by molar-refractivity contribution is 0.135. The van der Waals surface area contributed by atoms with Crippen LogP contribution >= 0.6 is 0 Å². The predicted molar refractivity (Wildman–Crippen MR) is 94.7 cm³/mol. The quantitative estimate of drug-likeness (QED) is 0.883. The molecule has 0 aliphatic carbocycles. The highest BCUT2D eigenvalue weighted by atomic mass is 16.5. The average Bonchev–Trinajstić information content (AvgIpc) is 3.02. The van der Waals surface area contributed by atoms with Crippen molar-refractivity contribution in [1.29, 1.82) is 0 Å². The van der Waals surface area contributed by atoms with Crippen molar-refractivity contribution in [3.63, 3.8) is 0 Å². The van der Waals surface area contributed by atoms with Gasteiger partial charge in [-0.2, -0.15) is 4.98 Å². The van der Waals surface area contributed by atoms with Crippen LogP contribution in [0.25, 0.3) is 0 Å². The Morgan fingerprint density at radius 1 is 1.29 bits per heavy atom. The van der Waals surface area contributed by atoms with Crippen LogP contribution < -0.4 is 5.32 Å². The lowest BCUT2D eigenvalue weighted by Crippen LogP contribution is -2.45. The molecule has 1 saturated heterocycles.